The first-order valence-electron chi connectivity index (χ1n) is 11.8. The van der Waals surface area contributed by atoms with E-state index in [4.69, 9.17) is 9.97 Å². The summed E-state index contributed by atoms with van der Waals surface area (Å²) in [5, 5.41) is 4.42. The maximum Gasteiger partial charge on any atom is 0.0919 e. The highest BCUT2D eigenvalue weighted by atomic mass is 15.2. The van der Waals surface area contributed by atoms with Crippen LogP contribution in [0.4, 0.5) is 0 Å². The van der Waals surface area contributed by atoms with E-state index in [1.807, 2.05) is 37.2 Å². The Hall–Kier alpha value is -2.01. The van der Waals surface area contributed by atoms with Crippen LogP contribution in [0.3, 0.4) is 0 Å². The molecule has 2 bridgehead atoms. The van der Waals surface area contributed by atoms with E-state index in [1.165, 1.54) is 45.3 Å². The normalized spacial score (nSPS) is 34.9. The van der Waals surface area contributed by atoms with E-state index in [9.17, 15) is 0 Å². The molecule has 30 heavy (non-hydrogen) atoms. The van der Waals surface area contributed by atoms with Crippen LogP contribution in [-0.2, 0) is 13.5 Å². The molecule has 4 aliphatic rings. The lowest BCUT2D eigenvalue weighted by Crippen LogP contribution is -2.30. The number of rotatable bonds is 5. The SMILES string of the molecule is Cc1nn(C)cc1-c1cnc(CC2C[C@@H]3CN(CC4CC5C=CC4C5)C[C@@H]3C2)cn1. The number of fused-ring (bicyclic) bond motifs is 3. The van der Waals surface area contributed by atoms with Crippen LogP contribution in [0.2, 0.25) is 0 Å². The van der Waals surface area contributed by atoms with Crippen molar-refractivity contribution in [3.63, 3.8) is 0 Å². The monoisotopic (exact) mass is 403 g/mol. The van der Waals surface area contributed by atoms with Gasteiger partial charge >= 0.3 is 0 Å². The maximum absolute atomic E-state index is 4.75. The molecule has 158 valence electrons. The summed E-state index contributed by atoms with van der Waals surface area (Å²) in [5.41, 5.74) is 4.17. The van der Waals surface area contributed by atoms with Gasteiger partial charge in [0.1, 0.15) is 0 Å². The van der Waals surface area contributed by atoms with Crippen molar-refractivity contribution < 1.29 is 0 Å². The fourth-order valence-electron chi connectivity index (χ4n) is 7.02. The molecule has 0 radical (unpaired) electrons. The highest BCUT2D eigenvalue weighted by Gasteiger charge is 2.43. The molecule has 0 aromatic carbocycles. The Bertz CT molecular complexity index is 931. The third-order valence-corrected chi connectivity index (χ3v) is 8.33. The zero-order chi connectivity index (χ0) is 20.2. The molecule has 3 heterocycles. The van der Waals surface area contributed by atoms with Crippen LogP contribution in [-0.4, -0.2) is 44.3 Å². The summed E-state index contributed by atoms with van der Waals surface area (Å²) in [6.45, 7) is 6.05. The lowest BCUT2D eigenvalue weighted by atomic mass is 9.93. The van der Waals surface area contributed by atoms with Gasteiger partial charge in [-0.1, -0.05) is 12.2 Å². The standard InChI is InChI=1S/C25H33N5/c1-16-24(15-29(2)28-16)25-11-26-23(10-27-25)9-18-7-21-13-30(14-22(21)8-18)12-20-6-17-3-4-19(20)5-17/h3-4,10-11,15,17-22H,5-9,12-14H2,1-2H3/t17?,18?,19?,20?,21-,22+. The third-order valence-electron chi connectivity index (χ3n) is 8.33. The Morgan fingerprint density at radius 2 is 1.83 bits per heavy atom. The van der Waals surface area contributed by atoms with Gasteiger partial charge in [0.15, 0.2) is 0 Å². The molecule has 0 amide bonds. The van der Waals surface area contributed by atoms with E-state index < -0.39 is 0 Å². The summed E-state index contributed by atoms with van der Waals surface area (Å²) in [4.78, 5) is 12.2. The molecule has 3 fully saturated rings. The minimum Gasteiger partial charge on any atom is -0.302 e. The van der Waals surface area contributed by atoms with Gasteiger partial charge in [0.05, 0.1) is 23.3 Å². The summed E-state index contributed by atoms with van der Waals surface area (Å²) in [7, 11) is 1.95. The molecular formula is C25H33N5. The van der Waals surface area contributed by atoms with Crippen LogP contribution >= 0.6 is 0 Å². The molecule has 4 unspecified atom stereocenters. The first-order valence-corrected chi connectivity index (χ1v) is 11.8. The Kier molecular flexibility index (Phi) is 4.56. The second kappa shape index (κ2) is 7.30. The van der Waals surface area contributed by atoms with Gasteiger partial charge in [-0.2, -0.15) is 5.10 Å². The fraction of sp³-hybridized carbons (Fsp3) is 0.640. The maximum atomic E-state index is 4.75. The quantitative estimate of drug-likeness (QED) is 0.711. The Labute approximate surface area is 179 Å². The molecule has 0 spiro atoms. The van der Waals surface area contributed by atoms with Gasteiger partial charge < -0.3 is 4.90 Å². The van der Waals surface area contributed by atoms with Crippen molar-refractivity contribution >= 4 is 0 Å². The minimum absolute atomic E-state index is 0.785. The van der Waals surface area contributed by atoms with Gasteiger partial charge in [0.25, 0.3) is 0 Å². The van der Waals surface area contributed by atoms with Crippen molar-refractivity contribution in [1.29, 1.82) is 0 Å². The van der Waals surface area contributed by atoms with Gasteiger partial charge in [0.2, 0.25) is 0 Å². The van der Waals surface area contributed by atoms with Crippen LogP contribution < -0.4 is 0 Å². The van der Waals surface area contributed by atoms with E-state index in [-0.39, 0.29) is 0 Å². The number of likely N-dealkylation sites (tertiary alicyclic amines) is 1. The molecule has 1 saturated heterocycles. The topological polar surface area (TPSA) is 46.8 Å². The molecule has 5 nitrogen and oxygen atoms in total. The van der Waals surface area contributed by atoms with Crippen molar-refractivity contribution in [2.45, 2.75) is 39.0 Å². The largest absolute Gasteiger partial charge is 0.302 e. The zero-order valence-corrected chi connectivity index (χ0v) is 18.2. The average Bonchev–Trinajstić information content (AvgIpc) is 3.51. The Morgan fingerprint density at radius 3 is 2.43 bits per heavy atom. The zero-order valence-electron chi connectivity index (χ0n) is 18.2. The van der Waals surface area contributed by atoms with Crippen LogP contribution in [0.25, 0.3) is 11.3 Å². The number of aryl methyl sites for hydroxylation is 2. The molecule has 3 aliphatic carbocycles. The van der Waals surface area contributed by atoms with Crippen molar-refractivity contribution in [2.24, 2.45) is 42.6 Å². The van der Waals surface area contributed by atoms with Crippen molar-refractivity contribution in [1.82, 2.24) is 24.6 Å². The predicted molar refractivity (Wildman–Crippen MR) is 118 cm³/mol. The van der Waals surface area contributed by atoms with Crippen molar-refractivity contribution in [2.75, 3.05) is 19.6 Å². The van der Waals surface area contributed by atoms with Crippen LogP contribution in [0.1, 0.15) is 37.1 Å². The van der Waals surface area contributed by atoms with Crippen LogP contribution in [0.5, 0.6) is 0 Å². The Morgan fingerprint density at radius 1 is 1.00 bits per heavy atom. The lowest BCUT2D eigenvalue weighted by molar-refractivity contribution is 0.233. The highest BCUT2D eigenvalue weighted by Crippen LogP contribution is 2.46. The summed E-state index contributed by atoms with van der Waals surface area (Å²) in [6.07, 6.45) is 17.7. The van der Waals surface area contributed by atoms with Crippen molar-refractivity contribution in [3.05, 3.63) is 42.1 Å². The molecular weight excluding hydrogens is 370 g/mol. The minimum atomic E-state index is 0.785. The van der Waals surface area contributed by atoms with E-state index >= 15 is 0 Å². The first kappa shape index (κ1) is 18.7. The van der Waals surface area contributed by atoms with Crippen LogP contribution in [0, 0.1) is 42.4 Å². The highest BCUT2D eigenvalue weighted by molar-refractivity contribution is 5.59. The summed E-state index contributed by atoms with van der Waals surface area (Å²) in [6, 6.07) is 0. The second-order valence-corrected chi connectivity index (χ2v) is 10.5. The summed E-state index contributed by atoms with van der Waals surface area (Å²) in [5.74, 6) is 5.34. The molecule has 0 N–H and O–H groups in total. The second-order valence-electron chi connectivity index (χ2n) is 10.5. The lowest BCUT2D eigenvalue weighted by Gasteiger charge is -2.26. The average molecular weight is 404 g/mol. The van der Waals surface area contributed by atoms with Gasteiger partial charge in [-0.05, 0) is 74.5 Å². The smallest absolute Gasteiger partial charge is 0.0919 e. The number of nitrogens with zero attached hydrogens (tertiary/aromatic N) is 5. The molecule has 5 heteroatoms. The fourth-order valence-corrected chi connectivity index (χ4v) is 7.02. The van der Waals surface area contributed by atoms with Gasteiger partial charge in [0, 0.05) is 44.6 Å². The van der Waals surface area contributed by atoms with E-state index in [0.717, 1.165) is 64.6 Å². The summed E-state index contributed by atoms with van der Waals surface area (Å²) < 4.78 is 1.84. The van der Waals surface area contributed by atoms with Gasteiger partial charge in [-0.15, -0.1) is 0 Å². The number of aromatic nitrogens is 4. The number of allylic oxidation sites excluding steroid dienone is 2. The molecule has 2 saturated carbocycles. The molecule has 2 aromatic heterocycles. The Balaban J connectivity index is 1.02. The number of hydrogen-bond donors (Lipinski definition) is 0. The first-order chi connectivity index (χ1) is 14.6. The van der Waals surface area contributed by atoms with Crippen molar-refractivity contribution in [3.8, 4) is 11.3 Å². The van der Waals surface area contributed by atoms with Gasteiger partial charge in [-0.25, -0.2) is 0 Å². The molecule has 2 aromatic rings. The van der Waals surface area contributed by atoms with Crippen LogP contribution in [0.15, 0.2) is 30.7 Å². The van der Waals surface area contributed by atoms with E-state index in [0.29, 0.717) is 0 Å². The van der Waals surface area contributed by atoms with E-state index in [1.54, 1.807) is 0 Å². The van der Waals surface area contributed by atoms with E-state index in [2.05, 4.69) is 22.2 Å². The third kappa shape index (κ3) is 3.41. The molecule has 6 rings (SSSR count). The molecule has 6 atom stereocenters. The summed E-state index contributed by atoms with van der Waals surface area (Å²) >= 11 is 0. The van der Waals surface area contributed by atoms with Gasteiger partial charge in [-0.3, -0.25) is 14.6 Å². The molecule has 1 aliphatic heterocycles. The number of hydrogen-bond acceptors (Lipinski definition) is 4. The predicted octanol–water partition coefficient (Wildman–Crippen LogP) is 3.90.